The highest BCUT2D eigenvalue weighted by atomic mass is 32.2. The van der Waals surface area contributed by atoms with Crippen LogP contribution >= 0.6 is 0 Å². The lowest BCUT2D eigenvalue weighted by molar-refractivity contribution is 0.00401. The number of aryl methyl sites for hydroxylation is 2. The van der Waals surface area contributed by atoms with Crippen LogP contribution < -0.4 is 4.72 Å². The van der Waals surface area contributed by atoms with Gasteiger partial charge in [0.05, 0.1) is 29.4 Å². The molecule has 0 spiro atoms. The monoisotopic (exact) mass is 349 g/mol. The average molecular weight is 349 g/mol. The third-order valence-electron chi connectivity index (χ3n) is 4.34. The molecule has 0 bridgehead atoms. The predicted molar refractivity (Wildman–Crippen MR) is 92.5 cm³/mol. The third-order valence-corrected chi connectivity index (χ3v) is 5.72. The van der Waals surface area contributed by atoms with Crippen LogP contribution in [0.3, 0.4) is 0 Å². The van der Waals surface area contributed by atoms with Gasteiger partial charge >= 0.3 is 0 Å². The lowest BCUT2D eigenvalue weighted by Crippen LogP contribution is -2.24. The molecule has 1 aliphatic heterocycles. The molecule has 6 nitrogen and oxygen atoms in total. The Labute approximate surface area is 142 Å². The molecule has 0 amide bonds. The first kappa shape index (κ1) is 17.0. The first-order valence-electron chi connectivity index (χ1n) is 8.18. The van der Waals surface area contributed by atoms with Crippen LogP contribution in [-0.2, 0) is 21.3 Å². The Morgan fingerprint density at radius 3 is 2.83 bits per heavy atom. The van der Waals surface area contributed by atoms with Crippen LogP contribution in [0.1, 0.15) is 30.4 Å². The van der Waals surface area contributed by atoms with E-state index in [1.807, 2.05) is 19.9 Å². The number of sulfonamides is 1. The summed E-state index contributed by atoms with van der Waals surface area (Å²) in [4.78, 5) is 0.258. The SMILES string of the molecule is Cc1ccc(S(=O)(=O)Nc2cnn(C[C@@H]3CCCCO3)c2)cc1C. The number of hydrogen-bond donors (Lipinski definition) is 1. The highest BCUT2D eigenvalue weighted by Gasteiger charge is 2.18. The molecule has 1 aromatic heterocycles. The standard InChI is InChI=1S/C17H23N3O3S/c1-13-6-7-17(9-14(13)2)24(21,22)19-15-10-18-20(11-15)12-16-5-3-4-8-23-16/h6-7,9-11,16,19H,3-5,8,12H2,1-2H3/t16-/m0/s1. The second kappa shape index (κ2) is 6.94. The Bertz CT molecular complexity index is 808. The van der Waals surface area contributed by atoms with Gasteiger partial charge in [-0.05, 0) is 56.4 Å². The van der Waals surface area contributed by atoms with Gasteiger partial charge in [0.1, 0.15) is 0 Å². The van der Waals surface area contributed by atoms with Crippen molar-refractivity contribution in [3.8, 4) is 0 Å². The number of anilines is 1. The molecule has 3 rings (SSSR count). The van der Waals surface area contributed by atoms with Crippen molar-refractivity contribution in [2.45, 2.75) is 50.7 Å². The van der Waals surface area contributed by atoms with Crippen LogP contribution in [0.15, 0.2) is 35.5 Å². The molecular weight excluding hydrogens is 326 g/mol. The maximum Gasteiger partial charge on any atom is 0.262 e. The van der Waals surface area contributed by atoms with E-state index in [2.05, 4.69) is 9.82 Å². The quantitative estimate of drug-likeness (QED) is 0.901. The molecule has 0 aliphatic carbocycles. The van der Waals surface area contributed by atoms with Gasteiger partial charge in [-0.15, -0.1) is 0 Å². The zero-order valence-electron chi connectivity index (χ0n) is 14.0. The molecule has 1 saturated heterocycles. The number of nitrogens with zero attached hydrogens (tertiary/aromatic N) is 2. The van der Waals surface area contributed by atoms with Gasteiger partial charge in [-0.1, -0.05) is 6.07 Å². The van der Waals surface area contributed by atoms with Gasteiger partial charge in [-0.25, -0.2) is 8.42 Å². The smallest absolute Gasteiger partial charge is 0.262 e. The first-order valence-corrected chi connectivity index (χ1v) is 9.66. The molecule has 1 atom stereocenters. The Hall–Kier alpha value is -1.86. The van der Waals surface area contributed by atoms with Crippen molar-refractivity contribution in [1.29, 1.82) is 0 Å². The normalized spacial score (nSPS) is 18.5. The number of rotatable bonds is 5. The molecular formula is C17H23N3O3S. The van der Waals surface area contributed by atoms with Crippen molar-refractivity contribution in [1.82, 2.24) is 9.78 Å². The summed E-state index contributed by atoms with van der Waals surface area (Å²) in [7, 11) is -3.61. The number of benzene rings is 1. The van der Waals surface area contributed by atoms with Crippen molar-refractivity contribution in [2.75, 3.05) is 11.3 Å². The number of nitrogens with one attached hydrogen (secondary N) is 1. The molecule has 1 aromatic carbocycles. The van der Waals surface area contributed by atoms with Crippen LogP contribution in [0.4, 0.5) is 5.69 Å². The van der Waals surface area contributed by atoms with Gasteiger partial charge in [0.25, 0.3) is 10.0 Å². The maximum absolute atomic E-state index is 12.5. The summed E-state index contributed by atoms with van der Waals surface area (Å²) in [6, 6.07) is 5.11. The highest BCUT2D eigenvalue weighted by Crippen LogP contribution is 2.19. The Morgan fingerprint density at radius 1 is 1.29 bits per heavy atom. The van der Waals surface area contributed by atoms with E-state index in [1.54, 1.807) is 23.0 Å². The highest BCUT2D eigenvalue weighted by molar-refractivity contribution is 7.92. The molecule has 2 heterocycles. The van der Waals surface area contributed by atoms with Gasteiger partial charge in [-0.2, -0.15) is 5.10 Å². The Balaban J connectivity index is 1.69. The van der Waals surface area contributed by atoms with E-state index in [-0.39, 0.29) is 11.0 Å². The van der Waals surface area contributed by atoms with Crippen molar-refractivity contribution in [3.05, 3.63) is 41.7 Å². The fourth-order valence-corrected chi connectivity index (χ4v) is 3.88. The van der Waals surface area contributed by atoms with Crippen molar-refractivity contribution >= 4 is 15.7 Å². The molecule has 0 unspecified atom stereocenters. The van der Waals surface area contributed by atoms with Gasteiger partial charge in [-0.3, -0.25) is 9.40 Å². The summed E-state index contributed by atoms with van der Waals surface area (Å²) in [5, 5.41) is 4.23. The zero-order valence-corrected chi connectivity index (χ0v) is 14.8. The van der Waals surface area contributed by atoms with Crippen LogP contribution in [0.5, 0.6) is 0 Å². The van der Waals surface area contributed by atoms with Gasteiger partial charge < -0.3 is 4.74 Å². The summed E-state index contributed by atoms with van der Waals surface area (Å²) >= 11 is 0. The summed E-state index contributed by atoms with van der Waals surface area (Å²) in [5.41, 5.74) is 2.47. The van der Waals surface area contributed by atoms with Crippen LogP contribution in [0.2, 0.25) is 0 Å². The van der Waals surface area contributed by atoms with Gasteiger partial charge in [0, 0.05) is 12.8 Å². The molecule has 24 heavy (non-hydrogen) atoms. The van der Waals surface area contributed by atoms with E-state index < -0.39 is 10.0 Å². The van der Waals surface area contributed by atoms with E-state index in [0.29, 0.717) is 12.2 Å². The van der Waals surface area contributed by atoms with E-state index >= 15 is 0 Å². The maximum atomic E-state index is 12.5. The third kappa shape index (κ3) is 3.96. The van der Waals surface area contributed by atoms with E-state index in [0.717, 1.165) is 37.0 Å². The topological polar surface area (TPSA) is 73.2 Å². The molecule has 1 fully saturated rings. The molecule has 0 saturated carbocycles. The second-order valence-corrected chi connectivity index (χ2v) is 7.97. The largest absolute Gasteiger partial charge is 0.376 e. The van der Waals surface area contributed by atoms with Crippen LogP contribution in [0, 0.1) is 13.8 Å². The lowest BCUT2D eigenvalue weighted by atomic mass is 10.1. The predicted octanol–water partition coefficient (Wildman–Crippen LogP) is 2.87. The van der Waals surface area contributed by atoms with Gasteiger partial charge in [0.2, 0.25) is 0 Å². The fraction of sp³-hybridized carbons (Fsp3) is 0.471. The van der Waals surface area contributed by atoms with Crippen molar-refractivity contribution in [3.63, 3.8) is 0 Å². The first-order chi connectivity index (χ1) is 11.4. The van der Waals surface area contributed by atoms with E-state index in [4.69, 9.17) is 4.74 Å². The minimum Gasteiger partial charge on any atom is -0.376 e. The van der Waals surface area contributed by atoms with Crippen LogP contribution in [-0.4, -0.2) is 30.9 Å². The van der Waals surface area contributed by atoms with Crippen molar-refractivity contribution in [2.24, 2.45) is 0 Å². The summed E-state index contributed by atoms with van der Waals surface area (Å²) < 4.78 is 35.0. The van der Waals surface area contributed by atoms with Crippen LogP contribution in [0.25, 0.3) is 0 Å². The number of ether oxygens (including phenoxy) is 1. The fourth-order valence-electron chi connectivity index (χ4n) is 2.77. The van der Waals surface area contributed by atoms with E-state index in [1.165, 1.54) is 6.20 Å². The summed E-state index contributed by atoms with van der Waals surface area (Å²) in [6.07, 6.45) is 6.68. The Morgan fingerprint density at radius 2 is 2.12 bits per heavy atom. The minimum atomic E-state index is -3.61. The molecule has 2 aromatic rings. The molecule has 130 valence electrons. The summed E-state index contributed by atoms with van der Waals surface area (Å²) in [5.74, 6) is 0. The van der Waals surface area contributed by atoms with Gasteiger partial charge in [0.15, 0.2) is 0 Å². The number of hydrogen-bond acceptors (Lipinski definition) is 4. The Kier molecular flexibility index (Phi) is 4.91. The molecule has 1 N–H and O–H groups in total. The second-order valence-electron chi connectivity index (χ2n) is 6.29. The molecule has 1 aliphatic rings. The molecule has 0 radical (unpaired) electrons. The lowest BCUT2D eigenvalue weighted by Gasteiger charge is -2.22. The zero-order chi connectivity index (χ0) is 17.2. The summed E-state index contributed by atoms with van der Waals surface area (Å²) in [6.45, 7) is 5.29. The minimum absolute atomic E-state index is 0.155. The van der Waals surface area contributed by atoms with Crippen molar-refractivity contribution < 1.29 is 13.2 Å². The number of aromatic nitrogens is 2. The molecule has 7 heteroatoms. The average Bonchev–Trinajstić information content (AvgIpc) is 2.97. The van der Waals surface area contributed by atoms with E-state index in [9.17, 15) is 8.42 Å².